The maximum absolute atomic E-state index is 13.3. The van der Waals surface area contributed by atoms with Gasteiger partial charge in [-0.1, -0.05) is 6.07 Å². The van der Waals surface area contributed by atoms with Gasteiger partial charge in [0.1, 0.15) is 0 Å². The number of carbonyl (C=O) groups excluding carboxylic acids is 1. The van der Waals surface area contributed by atoms with E-state index in [9.17, 15) is 13.6 Å². The van der Waals surface area contributed by atoms with Gasteiger partial charge in [0.25, 0.3) is 5.91 Å². The number of hydrogen-bond donors (Lipinski definition) is 0. The number of nitrogens with zero attached hydrogens (tertiary/aromatic N) is 1. The molecule has 0 unspecified atom stereocenters. The summed E-state index contributed by atoms with van der Waals surface area (Å²) in [4.78, 5) is 14.1. The van der Waals surface area contributed by atoms with E-state index in [1.54, 1.807) is 19.2 Å². The normalized spacial score (nSPS) is 10.3. The highest BCUT2D eigenvalue weighted by Gasteiger charge is 2.23. The Morgan fingerprint density at radius 1 is 0.960 bits per heavy atom. The Bertz CT molecular complexity index is 780. The maximum atomic E-state index is 13.3. The number of carbonyl (C=O) groups is 1. The van der Waals surface area contributed by atoms with Crippen LogP contribution in [-0.2, 0) is 6.54 Å². The fraction of sp³-hybridized carbons (Fsp3) is 0.278. The zero-order chi connectivity index (χ0) is 18.6. The lowest BCUT2D eigenvalue weighted by Gasteiger charge is -2.20. The van der Waals surface area contributed by atoms with Crippen molar-refractivity contribution in [1.29, 1.82) is 0 Å². The standard InChI is InChI=1S/C18H19F2NO4/c1-21(10-11-5-7-13(19)14(20)9-11)18(22)12-6-8-15(23-2)17(25-4)16(12)24-3/h5-9H,10H2,1-4H3. The van der Waals surface area contributed by atoms with Crippen LogP contribution in [0.5, 0.6) is 17.2 Å². The van der Waals surface area contributed by atoms with Gasteiger partial charge >= 0.3 is 0 Å². The molecular formula is C18H19F2NO4. The van der Waals surface area contributed by atoms with Crippen LogP contribution in [0.2, 0.25) is 0 Å². The minimum atomic E-state index is -0.956. The van der Waals surface area contributed by atoms with Crippen LogP contribution in [0.3, 0.4) is 0 Å². The summed E-state index contributed by atoms with van der Waals surface area (Å²) in [6.45, 7) is 0.105. The SMILES string of the molecule is COc1ccc(C(=O)N(C)Cc2ccc(F)c(F)c2)c(OC)c1OC. The topological polar surface area (TPSA) is 48.0 Å². The van der Waals surface area contributed by atoms with E-state index in [0.29, 0.717) is 17.1 Å². The average Bonchev–Trinajstić information content (AvgIpc) is 2.62. The van der Waals surface area contributed by atoms with Crippen molar-refractivity contribution in [1.82, 2.24) is 4.90 Å². The zero-order valence-corrected chi connectivity index (χ0v) is 14.4. The van der Waals surface area contributed by atoms with Crippen LogP contribution in [0.15, 0.2) is 30.3 Å². The molecule has 0 radical (unpaired) electrons. The van der Waals surface area contributed by atoms with E-state index in [0.717, 1.165) is 12.1 Å². The van der Waals surface area contributed by atoms with Gasteiger partial charge < -0.3 is 19.1 Å². The van der Waals surface area contributed by atoms with E-state index >= 15 is 0 Å². The van der Waals surface area contributed by atoms with Gasteiger partial charge in [0.05, 0.1) is 26.9 Å². The fourth-order valence-corrected chi connectivity index (χ4v) is 2.46. The van der Waals surface area contributed by atoms with Gasteiger partial charge in [-0.3, -0.25) is 4.79 Å². The summed E-state index contributed by atoms with van der Waals surface area (Å²) >= 11 is 0. The summed E-state index contributed by atoms with van der Waals surface area (Å²) < 4.78 is 42.1. The second-order valence-electron chi connectivity index (χ2n) is 5.29. The quantitative estimate of drug-likeness (QED) is 0.802. The first-order valence-corrected chi connectivity index (χ1v) is 7.41. The summed E-state index contributed by atoms with van der Waals surface area (Å²) in [6.07, 6.45) is 0. The average molecular weight is 351 g/mol. The Balaban J connectivity index is 2.31. The molecule has 25 heavy (non-hydrogen) atoms. The van der Waals surface area contributed by atoms with Crippen molar-refractivity contribution in [3.05, 3.63) is 53.1 Å². The summed E-state index contributed by atoms with van der Waals surface area (Å²) in [7, 11) is 5.90. The Labute approximate surface area is 144 Å². The van der Waals surface area contributed by atoms with Crippen LogP contribution in [0.25, 0.3) is 0 Å². The van der Waals surface area contributed by atoms with Crippen LogP contribution in [0.1, 0.15) is 15.9 Å². The molecule has 0 aliphatic carbocycles. The molecule has 2 aromatic rings. The van der Waals surface area contributed by atoms with Gasteiger partial charge in [-0.2, -0.15) is 0 Å². The molecule has 5 nitrogen and oxygen atoms in total. The molecule has 2 rings (SSSR count). The van der Waals surface area contributed by atoms with E-state index in [-0.39, 0.29) is 23.8 Å². The molecule has 134 valence electrons. The molecule has 0 aromatic heterocycles. The molecule has 0 spiro atoms. The Hall–Kier alpha value is -2.83. The molecule has 0 aliphatic heterocycles. The number of halogens is 2. The highest BCUT2D eigenvalue weighted by atomic mass is 19.2. The van der Waals surface area contributed by atoms with Gasteiger partial charge in [-0.25, -0.2) is 8.78 Å². The van der Waals surface area contributed by atoms with E-state index in [1.165, 1.54) is 32.3 Å². The largest absolute Gasteiger partial charge is 0.493 e. The minimum Gasteiger partial charge on any atom is -0.493 e. The molecule has 0 aliphatic rings. The summed E-state index contributed by atoms with van der Waals surface area (Å²) in [5.41, 5.74) is 0.736. The van der Waals surface area contributed by atoms with Crippen molar-refractivity contribution in [2.24, 2.45) is 0 Å². The van der Waals surface area contributed by atoms with E-state index in [4.69, 9.17) is 14.2 Å². The molecule has 2 aromatic carbocycles. The van der Waals surface area contributed by atoms with E-state index in [1.807, 2.05) is 0 Å². The second-order valence-corrected chi connectivity index (χ2v) is 5.29. The molecule has 7 heteroatoms. The van der Waals surface area contributed by atoms with Crippen LogP contribution < -0.4 is 14.2 Å². The van der Waals surface area contributed by atoms with Crippen molar-refractivity contribution >= 4 is 5.91 Å². The third kappa shape index (κ3) is 3.81. The monoisotopic (exact) mass is 351 g/mol. The van der Waals surface area contributed by atoms with Crippen molar-refractivity contribution in [2.45, 2.75) is 6.54 Å². The number of hydrogen-bond acceptors (Lipinski definition) is 4. The van der Waals surface area contributed by atoms with Crippen molar-refractivity contribution < 1.29 is 27.8 Å². The Morgan fingerprint density at radius 3 is 2.20 bits per heavy atom. The third-order valence-corrected chi connectivity index (χ3v) is 3.69. The predicted octanol–water partition coefficient (Wildman–Crippen LogP) is 3.26. The number of benzene rings is 2. The molecule has 0 bridgehead atoms. The smallest absolute Gasteiger partial charge is 0.257 e. The van der Waals surface area contributed by atoms with Crippen LogP contribution in [-0.4, -0.2) is 39.2 Å². The lowest BCUT2D eigenvalue weighted by Crippen LogP contribution is -2.26. The lowest BCUT2D eigenvalue weighted by molar-refractivity contribution is 0.0780. The van der Waals surface area contributed by atoms with Crippen LogP contribution >= 0.6 is 0 Å². The number of ether oxygens (including phenoxy) is 3. The molecule has 0 atom stereocenters. The maximum Gasteiger partial charge on any atom is 0.257 e. The zero-order valence-electron chi connectivity index (χ0n) is 14.4. The number of methoxy groups -OCH3 is 3. The fourth-order valence-electron chi connectivity index (χ4n) is 2.46. The first kappa shape index (κ1) is 18.5. The van der Waals surface area contributed by atoms with E-state index in [2.05, 4.69) is 0 Å². The molecule has 0 saturated heterocycles. The predicted molar refractivity (Wildman–Crippen MR) is 88.3 cm³/mol. The second kappa shape index (κ2) is 7.83. The first-order chi connectivity index (χ1) is 11.9. The molecule has 0 heterocycles. The third-order valence-electron chi connectivity index (χ3n) is 3.69. The van der Waals surface area contributed by atoms with Crippen molar-refractivity contribution in [3.8, 4) is 17.2 Å². The molecule has 1 amide bonds. The molecule has 0 saturated carbocycles. The van der Waals surface area contributed by atoms with Crippen LogP contribution in [0, 0.1) is 11.6 Å². The molecule has 0 N–H and O–H groups in total. The number of amides is 1. The van der Waals surface area contributed by atoms with Crippen molar-refractivity contribution in [2.75, 3.05) is 28.4 Å². The van der Waals surface area contributed by atoms with Gasteiger partial charge in [0.15, 0.2) is 23.1 Å². The molecule has 0 fully saturated rings. The van der Waals surface area contributed by atoms with Gasteiger partial charge in [0.2, 0.25) is 5.75 Å². The summed E-state index contributed by atoms with van der Waals surface area (Å²) in [5, 5.41) is 0. The van der Waals surface area contributed by atoms with Crippen molar-refractivity contribution in [3.63, 3.8) is 0 Å². The van der Waals surface area contributed by atoms with E-state index < -0.39 is 11.6 Å². The minimum absolute atomic E-state index is 0.105. The Kier molecular flexibility index (Phi) is 5.80. The van der Waals surface area contributed by atoms with Gasteiger partial charge in [0, 0.05) is 13.6 Å². The first-order valence-electron chi connectivity index (χ1n) is 7.41. The number of rotatable bonds is 6. The highest BCUT2D eigenvalue weighted by Crippen LogP contribution is 2.40. The Morgan fingerprint density at radius 2 is 1.64 bits per heavy atom. The lowest BCUT2D eigenvalue weighted by atomic mass is 10.1. The van der Waals surface area contributed by atoms with Gasteiger partial charge in [-0.15, -0.1) is 0 Å². The summed E-state index contributed by atoms with van der Waals surface area (Å²) in [5.74, 6) is -1.27. The van der Waals surface area contributed by atoms with Crippen LogP contribution in [0.4, 0.5) is 8.78 Å². The van der Waals surface area contributed by atoms with Gasteiger partial charge in [-0.05, 0) is 29.8 Å². The summed E-state index contributed by atoms with van der Waals surface area (Å²) in [6, 6.07) is 6.67. The molecular weight excluding hydrogens is 332 g/mol. The highest BCUT2D eigenvalue weighted by molar-refractivity contribution is 5.98.